The van der Waals surface area contributed by atoms with Crippen LogP contribution in [0.5, 0.6) is 0 Å². The first-order valence-electron chi connectivity index (χ1n) is 11.2. The van der Waals surface area contributed by atoms with Gasteiger partial charge in [0, 0.05) is 24.7 Å². The minimum atomic E-state index is -0.935. The molecule has 0 N–H and O–H groups in total. The minimum Gasteiger partial charge on any atom is -0.468 e. The summed E-state index contributed by atoms with van der Waals surface area (Å²) in [4.78, 5) is 47.0. The van der Waals surface area contributed by atoms with E-state index in [1.54, 1.807) is 46.0 Å². The Morgan fingerprint density at radius 3 is 2.53 bits per heavy atom. The van der Waals surface area contributed by atoms with E-state index in [1.807, 2.05) is 0 Å². The summed E-state index contributed by atoms with van der Waals surface area (Å²) in [6.07, 6.45) is 0. The molecule has 1 aliphatic heterocycles. The van der Waals surface area contributed by atoms with Gasteiger partial charge < -0.3 is 18.8 Å². The Morgan fingerprint density at radius 2 is 1.89 bits per heavy atom. The number of hydrogen-bond donors (Lipinski definition) is 0. The van der Waals surface area contributed by atoms with Crippen molar-refractivity contribution >= 4 is 40.9 Å². The van der Waals surface area contributed by atoms with Crippen LogP contribution in [0, 0.1) is 12.8 Å². The van der Waals surface area contributed by atoms with E-state index in [0.717, 1.165) is 0 Å². The lowest BCUT2D eigenvalue weighted by Gasteiger charge is -2.32. The molecule has 2 unspecified atom stereocenters. The van der Waals surface area contributed by atoms with E-state index < -0.39 is 23.8 Å². The van der Waals surface area contributed by atoms with Gasteiger partial charge in [-0.15, -0.1) is 0 Å². The highest BCUT2D eigenvalue weighted by Crippen LogP contribution is 2.44. The number of nitrogens with zero attached hydrogens (tertiary/aromatic N) is 3. The summed E-state index contributed by atoms with van der Waals surface area (Å²) in [5, 5.41) is 0.473. The van der Waals surface area contributed by atoms with Crippen LogP contribution in [0.1, 0.15) is 36.8 Å². The Hall–Kier alpha value is -3.01. The van der Waals surface area contributed by atoms with Gasteiger partial charge in [-0.05, 0) is 32.4 Å². The summed E-state index contributed by atoms with van der Waals surface area (Å²) < 4.78 is 17.6. The number of carbonyl (C=O) groups excluding carboxylic acids is 2. The molecule has 2 atom stereocenters. The Kier molecular flexibility index (Phi) is 9.05. The van der Waals surface area contributed by atoms with Crippen LogP contribution >= 0.6 is 23.2 Å². The van der Waals surface area contributed by atoms with E-state index in [-0.39, 0.29) is 46.7 Å². The van der Waals surface area contributed by atoms with E-state index in [9.17, 15) is 14.4 Å². The number of aliphatic imine (C=N–C) groups is 1. The molecule has 0 saturated heterocycles. The third-order valence-corrected chi connectivity index (χ3v) is 6.72. The first-order valence-corrected chi connectivity index (χ1v) is 11.9. The molecular weight excluding hydrogens is 509 g/mol. The molecule has 36 heavy (non-hydrogen) atoms. The number of carbonyl (C=O) groups is 2. The zero-order valence-corrected chi connectivity index (χ0v) is 22.1. The van der Waals surface area contributed by atoms with Crippen molar-refractivity contribution in [2.45, 2.75) is 33.3 Å². The molecule has 3 rings (SSSR count). The second kappa shape index (κ2) is 11.8. The first kappa shape index (κ1) is 27.6. The Morgan fingerprint density at radius 1 is 1.17 bits per heavy atom. The predicted molar refractivity (Wildman–Crippen MR) is 135 cm³/mol. The summed E-state index contributed by atoms with van der Waals surface area (Å²) in [6, 6.07) is 6.37. The standard InChI is InChI=1S/C25H27Cl2N3O6/c1-6-36-25(33)22-18(12-35-11-15-10-19(31)30(4)14(3)29-15)28-13(2)20(24(32)34-5)21(22)16-8-7-9-17(26)23(16)27/h7-10,20-21H,6,11-12H2,1-5H3. The highest BCUT2D eigenvalue weighted by Gasteiger charge is 2.44. The van der Waals surface area contributed by atoms with Gasteiger partial charge >= 0.3 is 11.9 Å². The lowest BCUT2D eigenvalue weighted by atomic mass is 9.75. The molecule has 0 radical (unpaired) electrons. The molecule has 9 nitrogen and oxygen atoms in total. The van der Waals surface area contributed by atoms with E-state index in [2.05, 4.69) is 9.98 Å². The normalized spacial score (nSPS) is 17.6. The van der Waals surface area contributed by atoms with Crippen LogP contribution < -0.4 is 5.56 Å². The minimum absolute atomic E-state index is 0.00805. The maximum absolute atomic E-state index is 13.2. The number of methoxy groups -OCH3 is 1. The lowest BCUT2D eigenvalue weighted by molar-refractivity contribution is -0.144. The topological polar surface area (TPSA) is 109 Å². The summed E-state index contributed by atoms with van der Waals surface area (Å²) in [5.41, 5.74) is 1.49. The van der Waals surface area contributed by atoms with Crippen LogP contribution in [0.4, 0.5) is 0 Å². The molecule has 192 valence electrons. The number of aryl methyl sites for hydroxylation is 1. The van der Waals surface area contributed by atoms with Gasteiger partial charge in [0.2, 0.25) is 0 Å². The van der Waals surface area contributed by atoms with Crippen molar-refractivity contribution in [3.8, 4) is 0 Å². The van der Waals surface area contributed by atoms with Crippen molar-refractivity contribution in [1.82, 2.24) is 9.55 Å². The van der Waals surface area contributed by atoms with Crippen LogP contribution in [-0.2, 0) is 37.5 Å². The van der Waals surface area contributed by atoms with Crippen molar-refractivity contribution in [1.29, 1.82) is 0 Å². The van der Waals surface area contributed by atoms with Crippen LogP contribution in [0.2, 0.25) is 10.0 Å². The largest absolute Gasteiger partial charge is 0.468 e. The fraction of sp³-hybridized carbons (Fsp3) is 0.400. The van der Waals surface area contributed by atoms with Gasteiger partial charge in [-0.25, -0.2) is 9.78 Å². The molecule has 1 aromatic heterocycles. The molecule has 0 spiro atoms. The fourth-order valence-corrected chi connectivity index (χ4v) is 4.49. The Labute approximate surface area is 218 Å². The summed E-state index contributed by atoms with van der Waals surface area (Å²) >= 11 is 12.8. The molecule has 0 bridgehead atoms. The average Bonchev–Trinajstić information content (AvgIpc) is 2.83. The van der Waals surface area contributed by atoms with Crippen molar-refractivity contribution in [3.05, 3.63) is 73.0 Å². The monoisotopic (exact) mass is 535 g/mol. The second-order valence-electron chi connectivity index (χ2n) is 8.14. The summed E-state index contributed by atoms with van der Waals surface area (Å²) in [6.45, 7) is 5.07. The quantitative estimate of drug-likeness (QED) is 0.473. The van der Waals surface area contributed by atoms with Gasteiger partial charge in [0.1, 0.15) is 11.7 Å². The molecule has 1 aliphatic rings. The van der Waals surface area contributed by atoms with Crippen molar-refractivity contribution in [2.75, 3.05) is 20.3 Å². The Bertz CT molecular complexity index is 1300. The highest BCUT2D eigenvalue weighted by molar-refractivity contribution is 6.42. The second-order valence-corrected chi connectivity index (χ2v) is 8.93. The van der Waals surface area contributed by atoms with Gasteiger partial charge in [-0.3, -0.25) is 14.6 Å². The zero-order chi connectivity index (χ0) is 26.6. The molecular formula is C25H27Cl2N3O6. The fourth-order valence-electron chi connectivity index (χ4n) is 4.06. The van der Waals surface area contributed by atoms with Crippen LogP contribution in [0.3, 0.4) is 0 Å². The highest BCUT2D eigenvalue weighted by atomic mass is 35.5. The number of ether oxygens (including phenoxy) is 3. The van der Waals surface area contributed by atoms with E-state index in [0.29, 0.717) is 22.8 Å². The number of hydrogen-bond acceptors (Lipinski definition) is 8. The smallest absolute Gasteiger partial charge is 0.336 e. The van der Waals surface area contributed by atoms with Crippen molar-refractivity contribution in [2.24, 2.45) is 18.0 Å². The average molecular weight is 536 g/mol. The zero-order valence-electron chi connectivity index (χ0n) is 20.6. The van der Waals surface area contributed by atoms with Gasteiger partial charge in [0.25, 0.3) is 5.56 Å². The molecule has 0 aliphatic carbocycles. The number of halogens is 2. The molecule has 1 aromatic carbocycles. The van der Waals surface area contributed by atoms with Crippen molar-refractivity contribution < 1.29 is 23.8 Å². The van der Waals surface area contributed by atoms with E-state index in [4.69, 9.17) is 37.4 Å². The van der Waals surface area contributed by atoms with E-state index >= 15 is 0 Å². The van der Waals surface area contributed by atoms with E-state index in [1.165, 1.54) is 17.7 Å². The van der Waals surface area contributed by atoms with Gasteiger partial charge in [-0.1, -0.05) is 35.3 Å². The molecule has 2 heterocycles. The third kappa shape index (κ3) is 5.69. The molecule has 0 amide bonds. The first-order chi connectivity index (χ1) is 17.1. The molecule has 0 fully saturated rings. The SMILES string of the molecule is CCOC(=O)C1=C(COCc2cc(=O)n(C)c(C)n2)N=C(C)C(C(=O)OC)C1c1cccc(Cl)c1Cl. The summed E-state index contributed by atoms with van der Waals surface area (Å²) in [5.74, 6) is -2.52. The maximum Gasteiger partial charge on any atom is 0.336 e. The number of esters is 2. The third-order valence-electron chi connectivity index (χ3n) is 5.88. The summed E-state index contributed by atoms with van der Waals surface area (Å²) in [7, 11) is 2.89. The maximum atomic E-state index is 13.2. The lowest BCUT2D eigenvalue weighted by Crippen LogP contribution is -2.37. The number of aromatic nitrogens is 2. The van der Waals surface area contributed by atoms with Gasteiger partial charge in [0.05, 0.1) is 53.9 Å². The number of benzene rings is 1. The molecule has 0 saturated carbocycles. The van der Waals surface area contributed by atoms with Gasteiger partial charge in [-0.2, -0.15) is 0 Å². The van der Waals surface area contributed by atoms with Crippen LogP contribution in [0.15, 0.2) is 45.3 Å². The van der Waals surface area contributed by atoms with Crippen molar-refractivity contribution in [3.63, 3.8) is 0 Å². The number of rotatable bonds is 8. The Balaban J connectivity index is 2.08. The van der Waals surface area contributed by atoms with Gasteiger partial charge in [0.15, 0.2) is 0 Å². The van der Waals surface area contributed by atoms with Crippen LogP contribution in [0.25, 0.3) is 0 Å². The molecule has 2 aromatic rings. The molecule has 11 heteroatoms. The van der Waals surface area contributed by atoms with Crippen LogP contribution in [-0.4, -0.2) is 47.5 Å². The predicted octanol–water partition coefficient (Wildman–Crippen LogP) is 3.78.